The minimum atomic E-state index is 0.569. The summed E-state index contributed by atoms with van der Waals surface area (Å²) in [5.41, 5.74) is 4.57. The zero-order chi connectivity index (χ0) is 23.3. The minimum absolute atomic E-state index is 0.569. The van der Waals surface area contributed by atoms with Crippen molar-refractivity contribution in [2.75, 3.05) is 32.6 Å². The van der Waals surface area contributed by atoms with Crippen molar-refractivity contribution in [2.24, 2.45) is 0 Å². The van der Waals surface area contributed by atoms with Crippen molar-refractivity contribution in [2.45, 2.75) is 6.54 Å². The maximum absolute atomic E-state index is 6.35. The molecular formula is C28H27N3O3. The molecule has 0 radical (unpaired) electrons. The number of ether oxygens (including phenoxy) is 1. The molecule has 1 N–H and O–H groups in total. The topological polar surface area (TPSA) is 63.7 Å². The van der Waals surface area contributed by atoms with Crippen LogP contribution in [0.3, 0.4) is 0 Å². The summed E-state index contributed by atoms with van der Waals surface area (Å²) in [7, 11) is 4.07. The summed E-state index contributed by atoms with van der Waals surface area (Å²) in [5, 5.41) is 4.43. The van der Waals surface area contributed by atoms with Crippen molar-refractivity contribution in [3.8, 4) is 28.2 Å². The van der Waals surface area contributed by atoms with E-state index in [4.69, 9.17) is 13.6 Å². The first-order valence-corrected chi connectivity index (χ1v) is 11.3. The molecule has 5 aromatic rings. The highest BCUT2D eigenvalue weighted by Crippen LogP contribution is 2.43. The normalized spacial score (nSPS) is 11.3. The number of nitrogens with zero attached hydrogens (tertiary/aromatic N) is 2. The molecule has 172 valence electrons. The number of furan rings is 2. The number of aromatic nitrogens is 1. The van der Waals surface area contributed by atoms with Crippen LogP contribution in [0.2, 0.25) is 0 Å². The molecular weight excluding hydrogens is 426 g/mol. The fourth-order valence-electron chi connectivity index (χ4n) is 3.90. The largest absolute Gasteiger partial charge is 0.492 e. The molecule has 0 aliphatic heterocycles. The van der Waals surface area contributed by atoms with Crippen molar-refractivity contribution >= 4 is 16.8 Å². The molecule has 0 amide bonds. The van der Waals surface area contributed by atoms with Gasteiger partial charge in [-0.05, 0) is 62.1 Å². The molecule has 2 aromatic carbocycles. The van der Waals surface area contributed by atoms with Gasteiger partial charge in [0.1, 0.15) is 23.9 Å². The summed E-state index contributed by atoms with van der Waals surface area (Å²) in [6, 6.07) is 24.1. The second-order valence-corrected chi connectivity index (χ2v) is 8.32. The number of anilines is 1. The van der Waals surface area contributed by atoms with Gasteiger partial charge in [0, 0.05) is 29.6 Å². The highest BCUT2D eigenvalue weighted by Gasteiger charge is 2.21. The standard InChI is InChI=1S/C28H27N3O3/c1-31(2)16-18-33-22-12-10-21(11-13-22)27-25(20-7-4-3-5-8-20)26-24(14-15-29-28(26)34-27)30-19-23-9-6-17-32-23/h3-15,17H,16,18-19H2,1-2H3,(H,29,30). The van der Waals surface area contributed by atoms with Gasteiger partial charge in [0.15, 0.2) is 0 Å². The molecule has 6 heteroatoms. The fraction of sp³-hybridized carbons (Fsp3) is 0.179. The van der Waals surface area contributed by atoms with E-state index in [1.807, 2.05) is 74.8 Å². The summed E-state index contributed by atoms with van der Waals surface area (Å²) in [4.78, 5) is 6.63. The van der Waals surface area contributed by atoms with Gasteiger partial charge < -0.3 is 23.8 Å². The van der Waals surface area contributed by atoms with E-state index in [0.29, 0.717) is 18.9 Å². The van der Waals surface area contributed by atoms with E-state index in [0.717, 1.165) is 51.6 Å². The molecule has 0 aliphatic rings. The van der Waals surface area contributed by atoms with Crippen molar-refractivity contribution in [1.82, 2.24) is 9.88 Å². The number of pyridine rings is 1. The average molecular weight is 454 g/mol. The molecule has 0 spiro atoms. The van der Waals surface area contributed by atoms with Crippen LogP contribution in [0, 0.1) is 0 Å². The summed E-state index contributed by atoms with van der Waals surface area (Å²) < 4.78 is 17.7. The monoisotopic (exact) mass is 453 g/mol. The molecule has 0 aliphatic carbocycles. The zero-order valence-electron chi connectivity index (χ0n) is 19.3. The fourth-order valence-corrected chi connectivity index (χ4v) is 3.90. The number of fused-ring (bicyclic) bond motifs is 1. The van der Waals surface area contributed by atoms with E-state index >= 15 is 0 Å². The molecule has 0 unspecified atom stereocenters. The quantitative estimate of drug-likeness (QED) is 0.282. The molecule has 0 fully saturated rings. The number of benzene rings is 2. The predicted molar refractivity (Wildman–Crippen MR) is 135 cm³/mol. The van der Waals surface area contributed by atoms with Crippen molar-refractivity contribution in [3.63, 3.8) is 0 Å². The first kappa shape index (κ1) is 21.8. The summed E-state index contributed by atoms with van der Waals surface area (Å²) in [6.07, 6.45) is 3.44. The predicted octanol–water partition coefficient (Wildman–Crippen LogP) is 6.31. The van der Waals surface area contributed by atoms with Gasteiger partial charge in [-0.3, -0.25) is 0 Å². The number of hydrogen-bond donors (Lipinski definition) is 1. The van der Waals surface area contributed by atoms with Gasteiger partial charge in [0.05, 0.1) is 18.2 Å². The van der Waals surface area contributed by atoms with E-state index in [1.54, 1.807) is 12.5 Å². The molecule has 5 rings (SSSR count). The van der Waals surface area contributed by atoms with Crippen LogP contribution in [0.15, 0.2) is 94.1 Å². The zero-order valence-corrected chi connectivity index (χ0v) is 19.3. The van der Waals surface area contributed by atoms with Crippen LogP contribution < -0.4 is 10.1 Å². The van der Waals surface area contributed by atoms with Crippen LogP contribution in [0.25, 0.3) is 33.6 Å². The van der Waals surface area contributed by atoms with Gasteiger partial charge in [-0.15, -0.1) is 0 Å². The third kappa shape index (κ3) is 4.67. The Kier molecular flexibility index (Phi) is 6.31. The Morgan fingerprint density at radius 3 is 2.47 bits per heavy atom. The van der Waals surface area contributed by atoms with Crippen LogP contribution in [0.4, 0.5) is 5.69 Å². The van der Waals surface area contributed by atoms with Gasteiger partial charge in [-0.2, -0.15) is 0 Å². The lowest BCUT2D eigenvalue weighted by molar-refractivity contribution is 0.261. The molecule has 6 nitrogen and oxygen atoms in total. The summed E-state index contributed by atoms with van der Waals surface area (Å²) in [6.45, 7) is 2.07. The Labute approximate surface area is 198 Å². The highest BCUT2D eigenvalue weighted by molar-refractivity contribution is 6.06. The maximum atomic E-state index is 6.35. The minimum Gasteiger partial charge on any atom is -0.492 e. The van der Waals surface area contributed by atoms with Crippen molar-refractivity contribution < 1.29 is 13.6 Å². The van der Waals surface area contributed by atoms with E-state index in [2.05, 4.69) is 27.3 Å². The van der Waals surface area contributed by atoms with Crippen LogP contribution in [-0.4, -0.2) is 37.1 Å². The van der Waals surface area contributed by atoms with Crippen LogP contribution in [-0.2, 0) is 6.54 Å². The number of rotatable bonds is 9. The maximum Gasteiger partial charge on any atom is 0.229 e. The molecule has 3 heterocycles. The van der Waals surface area contributed by atoms with E-state index in [9.17, 15) is 0 Å². The van der Waals surface area contributed by atoms with Crippen LogP contribution >= 0.6 is 0 Å². The highest BCUT2D eigenvalue weighted by atomic mass is 16.5. The lowest BCUT2D eigenvalue weighted by atomic mass is 9.98. The summed E-state index contributed by atoms with van der Waals surface area (Å²) >= 11 is 0. The van der Waals surface area contributed by atoms with Crippen LogP contribution in [0.5, 0.6) is 5.75 Å². The lowest BCUT2D eigenvalue weighted by Gasteiger charge is -2.11. The van der Waals surface area contributed by atoms with E-state index in [1.165, 1.54) is 0 Å². The smallest absolute Gasteiger partial charge is 0.229 e. The van der Waals surface area contributed by atoms with E-state index in [-0.39, 0.29) is 0 Å². The van der Waals surface area contributed by atoms with Gasteiger partial charge in [0.2, 0.25) is 5.71 Å². The molecule has 0 saturated carbocycles. The third-order valence-electron chi connectivity index (χ3n) is 5.61. The number of nitrogens with one attached hydrogen (secondary N) is 1. The molecule has 3 aromatic heterocycles. The molecule has 0 saturated heterocycles. The SMILES string of the molecule is CN(C)CCOc1ccc(-c2oc3nccc(NCc4ccco4)c3c2-c2ccccc2)cc1. The second-order valence-electron chi connectivity index (χ2n) is 8.32. The van der Waals surface area contributed by atoms with Crippen molar-refractivity contribution in [1.29, 1.82) is 0 Å². The Bertz CT molecular complexity index is 1340. The van der Waals surface area contributed by atoms with Crippen molar-refractivity contribution in [3.05, 3.63) is 91.0 Å². The second kappa shape index (κ2) is 9.85. The summed E-state index contributed by atoms with van der Waals surface area (Å²) in [5.74, 6) is 2.47. The third-order valence-corrected chi connectivity index (χ3v) is 5.61. The first-order valence-electron chi connectivity index (χ1n) is 11.3. The van der Waals surface area contributed by atoms with Gasteiger partial charge in [0.25, 0.3) is 0 Å². The van der Waals surface area contributed by atoms with Crippen LogP contribution in [0.1, 0.15) is 5.76 Å². The van der Waals surface area contributed by atoms with Gasteiger partial charge in [-0.25, -0.2) is 4.98 Å². The van der Waals surface area contributed by atoms with Gasteiger partial charge in [-0.1, -0.05) is 30.3 Å². The average Bonchev–Trinajstić information content (AvgIpc) is 3.52. The molecule has 0 atom stereocenters. The Hall–Kier alpha value is -4.03. The molecule has 34 heavy (non-hydrogen) atoms. The molecule has 0 bridgehead atoms. The van der Waals surface area contributed by atoms with Gasteiger partial charge >= 0.3 is 0 Å². The Morgan fingerprint density at radius 2 is 1.74 bits per heavy atom. The number of likely N-dealkylation sites (N-methyl/N-ethyl adjacent to an activating group) is 1. The first-order chi connectivity index (χ1) is 16.7. The van der Waals surface area contributed by atoms with E-state index < -0.39 is 0 Å². The Morgan fingerprint density at radius 1 is 0.912 bits per heavy atom. The number of hydrogen-bond acceptors (Lipinski definition) is 6. The lowest BCUT2D eigenvalue weighted by Crippen LogP contribution is -2.19. The Balaban J connectivity index is 1.54.